The van der Waals surface area contributed by atoms with E-state index in [0.717, 1.165) is 12.1 Å². The van der Waals surface area contributed by atoms with Crippen molar-refractivity contribution in [2.24, 2.45) is 0 Å². The number of amides is 1. The molecule has 12 heteroatoms. The molecule has 32 heavy (non-hydrogen) atoms. The molecule has 0 saturated carbocycles. The van der Waals surface area contributed by atoms with Gasteiger partial charge in [-0.2, -0.15) is 9.97 Å². The number of ether oxygens (including phenoxy) is 2. The van der Waals surface area contributed by atoms with Gasteiger partial charge in [0.25, 0.3) is 0 Å². The average Bonchev–Trinajstić information content (AvgIpc) is 3.03. The number of alkyl carbamates (subject to hydrolysis) is 1. The van der Waals surface area contributed by atoms with E-state index >= 15 is 0 Å². The average molecular weight is 471 g/mol. The van der Waals surface area contributed by atoms with Crippen molar-refractivity contribution in [3.63, 3.8) is 0 Å². The number of nitrogens with one attached hydrogen (secondary N) is 2. The third-order valence-electron chi connectivity index (χ3n) is 4.84. The predicted molar refractivity (Wildman–Crippen MR) is 117 cm³/mol. The van der Waals surface area contributed by atoms with Crippen LogP contribution in [0.3, 0.4) is 0 Å². The van der Waals surface area contributed by atoms with Crippen LogP contribution in [0.4, 0.5) is 30.9 Å². The number of anilines is 3. The number of hydrogen-bond acceptors (Lipinski definition) is 8. The monoisotopic (exact) mass is 470 g/mol. The smallest absolute Gasteiger partial charge is 0.407 e. The summed E-state index contributed by atoms with van der Waals surface area (Å²) in [5.74, 6) is -0.586. The van der Waals surface area contributed by atoms with Crippen LogP contribution >= 0.6 is 11.6 Å². The molecule has 0 saturated heterocycles. The number of fused-ring (bicyclic) bond motifs is 1. The van der Waals surface area contributed by atoms with Gasteiger partial charge in [-0.15, -0.1) is 0 Å². The van der Waals surface area contributed by atoms with Gasteiger partial charge in [-0.1, -0.05) is 0 Å². The van der Waals surface area contributed by atoms with Crippen LogP contribution < -0.4 is 26.0 Å². The van der Waals surface area contributed by atoms with E-state index in [9.17, 15) is 13.6 Å². The van der Waals surface area contributed by atoms with Gasteiger partial charge in [-0.05, 0) is 38.3 Å². The third kappa shape index (κ3) is 5.58. The molecule has 0 bridgehead atoms. The number of benzene rings is 1. The van der Waals surface area contributed by atoms with Gasteiger partial charge in [0.15, 0.2) is 11.6 Å². The van der Waals surface area contributed by atoms with E-state index in [-0.39, 0.29) is 48.3 Å². The molecule has 1 atom stereocenters. The van der Waals surface area contributed by atoms with Crippen LogP contribution in [0.25, 0.3) is 0 Å². The summed E-state index contributed by atoms with van der Waals surface area (Å²) in [6, 6.07) is 2.15. The SMILES string of the molecule is CCOc1cc(F)c(CNC(=O)OCCCCN2c3nc(Cl)nc(N)c3NC2C)c(F)c1. The van der Waals surface area contributed by atoms with Gasteiger partial charge in [0.05, 0.1) is 25.9 Å². The highest BCUT2D eigenvalue weighted by molar-refractivity contribution is 6.28. The molecule has 9 nitrogen and oxygen atoms in total. The number of carbonyl (C=O) groups is 1. The van der Waals surface area contributed by atoms with Gasteiger partial charge < -0.3 is 30.7 Å². The molecule has 174 valence electrons. The van der Waals surface area contributed by atoms with Crippen molar-refractivity contribution >= 4 is 35.0 Å². The molecule has 4 N–H and O–H groups in total. The van der Waals surface area contributed by atoms with Crippen molar-refractivity contribution in [1.82, 2.24) is 15.3 Å². The molecule has 1 amide bonds. The van der Waals surface area contributed by atoms with Crippen molar-refractivity contribution < 1.29 is 23.0 Å². The maximum Gasteiger partial charge on any atom is 0.407 e. The minimum absolute atomic E-state index is 0.0387. The number of halogens is 3. The van der Waals surface area contributed by atoms with E-state index in [0.29, 0.717) is 30.9 Å². The minimum atomic E-state index is -0.799. The van der Waals surface area contributed by atoms with Crippen molar-refractivity contribution in [2.45, 2.75) is 39.4 Å². The van der Waals surface area contributed by atoms with E-state index in [4.69, 9.17) is 26.8 Å². The summed E-state index contributed by atoms with van der Waals surface area (Å²) in [6.45, 7) is 4.40. The second-order valence-corrected chi connectivity index (χ2v) is 7.42. The van der Waals surface area contributed by atoms with Gasteiger partial charge in [0.1, 0.15) is 23.1 Å². The number of carbonyl (C=O) groups excluding carboxylic acids is 1. The first kappa shape index (κ1) is 23.6. The predicted octanol–water partition coefficient (Wildman–Crippen LogP) is 3.67. The van der Waals surface area contributed by atoms with Crippen LogP contribution in [-0.4, -0.2) is 42.0 Å². The molecule has 1 aromatic heterocycles. The summed E-state index contributed by atoms with van der Waals surface area (Å²) in [5.41, 5.74) is 6.25. The summed E-state index contributed by atoms with van der Waals surface area (Å²) < 4.78 is 38.2. The fourth-order valence-corrected chi connectivity index (χ4v) is 3.48. The second kappa shape index (κ2) is 10.5. The standard InChI is InChI=1S/C20H25ClF2N6O3/c1-3-31-12-8-14(22)13(15(23)9-12)10-25-20(30)32-7-5-4-6-29-11(2)26-16-17(24)27-19(21)28-18(16)29/h8-9,11,26H,3-7,10H2,1-2H3,(H,25,30)(H2,24,27,28). The normalized spacial score (nSPS) is 14.7. The lowest BCUT2D eigenvalue weighted by Gasteiger charge is -2.22. The van der Waals surface area contributed by atoms with Gasteiger partial charge in [0, 0.05) is 24.2 Å². The third-order valence-corrected chi connectivity index (χ3v) is 5.01. The molecule has 0 spiro atoms. The molecular formula is C20H25ClF2N6O3. The van der Waals surface area contributed by atoms with E-state index in [2.05, 4.69) is 20.6 Å². The van der Waals surface area contributed by atoms with Crippen LogP contribution in [0.15, 0.2) is 12.1 Å². The van der Waals surface area contributed by atoms with Crippen LogP contribution in [0.1, 0.15) is 32.3 Å². The molecule has 2 aromatic rings. The Labute approximate surface area is 189 Å². The number of aromatic nitrogens is 2. The van der Waals surface area contributed by atoms with Crippen molar-refractivity contribution in [1.29, 1.82) is 0 Å². The fraction of sp³-hybridized carbons (Fsp3) is 0.450. The summed E-state index contributed by atoms with van der Waals surface area (Å²) in [4.78, 5) is 22.0. The quantitative estimate of drug-likeness (QED) is 0.375. The van der Waals surface area contributed by atoms with E-state index in [1.165, 1.54) is 0 Å². The number of nitrogen functional groups attached to an aromatic ring is 1. The highest BCUT2D eigenvalue weighted by Crippen LogP contribution is 2.37. The van der Waals surface area contributed by atoms with Crippen LogP contribution in [0, 0.1) is 11.6 Å². The Morgan fingerprint density at radius 3 is 2.72 bits per heavy atom. The summed E-state index contributed by atoms with van der Waals surface area (Å²) in [6.07, 6.45) is 0.476. The maximum absolute atomic E-state index is 14.0. The molecule has 0 radical (unpaired) electrons. The van der Waals surface area contributed by atoms with Crippen molar-refractivity contribution in [2.75, 3.05) is 35.7 Å². The van der Waals surface area contributed by atoms with Gasteiger partial charge in [-0.3, -0.25) is 0 Å². The lowest BCUT2D eigenvalue weighted by molar-refractivity contribution is 0.143. The van der Waals surface area contributed by atoms with Gasteiger partial charge in [0.2, 0.25) is 5.28 Å². The Balaban J connectivity index is 1.40. The molecule has 1 unspecified atom stereocenters. The van der Waals surface area contributed by atoms with Gasteiger partial charge in [-0.25, -0.2) is 13.6 Å². The molecule has 1 aliphatic rings. The Morgan fingerprint density at radius 1 is 1.31 bits per heavy atom. The number of nitrogens with two attached hydrogens (primary N) is 1. The van der Waals surface area contributed by atoms with E-state index < -0.39 is 17.7 Å². The van der Waals surface area contributed by atoms with Crippen LogP contribution in [0.5, 0.6) is 5.75 Å². The number of nitrogens with zero attached hydrogens (tertiary/aromatic N) is 3. The molecule has 3 rings (SSSR count). The second-order valence-electron chi connectivity index (χ2n) is 7.09. The van der Waals surface area contributed by atoms with E-state index in [1.54, 1.807) is 6.92 Å². The Bertz CT molecular complexity index is 958. The molecular weight excluding hydrogens is 446 g/mol. The topological polar surface area (TPSA) is 115 Å². The van der Waals surface area contributed by atoms with Gasteiger partial charge >= 0.3 is 6.09 Å². The zero-order valence-corrected chi connectivity index (χ0v) is 18.5. The Hall–Kier alpha value is -3.08. The summed E-state index contributed by atoms with van der Waals surface area (Å²) in [5, 5.41) is 5.63. The zero-order valence-electron chi connectivity index (χ0n) is 17.8. The summed E-state index contributed by atoms with van der Waals surface area (Å²) in [7, 11) is 0. The highest BCUT2D eigenvalue weighted by Gasteiger charge is 2.29. The largest absolute Gasteiger partial charge is 0.494 e. The Morgan fingerprint density at radius 2 is 2.03 bits per heavy atom. The minimum Gasteiger partial charge on any atom is -0.494 e. The first-order valence-electron chi connectivity index (χ1n) is 10.2. The summed E-state index contributed by atoms with van der Waals surface area (Å²) >= 11 is 5.90. The van der Waals surface area contributed by atoms with E-state index in [1.807, 2.05) is 11.8 Å². The molecule has 0 aliphatic carbocycles. The number of rotatable bonds is 9. The van der Waals surface area contributed by atoms with Crippen molar-refractivity contribution in [3.05, 3.63) is 34.6 Å². The first-order valence-corrected chi connectivity index (χ1v) is 10.6. The fourth-order valence-electron chi connectivity index (χ4n) is 3.31. The molecule has 1 aromatic carbocycles. The van der Waals surface area contributed by atoms with Crippen molar-refractivity contribution in [3.8, 4) is 5.75 Å². The first-order chi connectivity index (χ1) is 15.3. The molecule has 1 aliphatic heterocycles. The van der Waals surface area contributed by atoms with Crippen LogP contribution in [0.2, 0.25) is 5.28 Å². The lowest BCUT2D eigenvalue weighted by atomic mass is 10.2. The highest BCUT2D eigenvalue weighted by atomic mass is 35.5. The number of unbranched alkanes of at least 4 members (excludes halogenated alkanes) is 1. The lowest BCUT2D eigenvalue weighted by Crippen LogP contribution is -2.34. The molecule has 0 fully saturated rings. The number of hydrogen-bond donors (Lipinski definition) is 3. The van der Waals surface area contributed by atoms with Crippen LogP contribution in [-0.2, 0) is 11.3 Å². The molecule has 2 heterocycles. The maximum atomic E-state index is 14.0. The Kier molecular flexibility index (Phi) is 7.73. The zero-order chi connectivity index (χ0) is 23.3.